The van der Waals surface area contributed by atoms with Gasteiger partial charge < -0.3 is 5.32 Å². The Morgan fingerprint density at radius 2 is 1.95 bits per heavy atom. The summed E-state index contributed by atoms with van der Waals surface area (Å²) >= 11 is 0. The third kappa shape index (κ3) is 3.34. The van der Waals surface area contributed by atoms with E-state index in [1.807, 2.05) is 0 Å². The van der Waals surface area contributed by atoms with Gasteiger partial charge >= 0.3 is 10.2 Å². The molecule has 1 unspecified atom stereocenters. The SMILES string of the molecule is O=C(Nc1ccccc1S(=O)(=O)F)C1CCS(=O)(=O)C1. The van der Waals surface area contributed by atoms with E-state index in [4.69, 9.17) is 0 Å². The molecule has 1 aliphatic rings. The van der Waals surface area contributed by atoms with Crippen LogP contribution in [0.15, 0.2) is 29.2 Å². The van der Waals surface area contributed by atoms with Crippen LogP contribution in [0.5, 0.6) is 0 Å². The number of amides is 1. The predicted octanol–water partition coefficient (Wildman–Crippen LogP) is 0.718. The Morgan fingerprint density at radius 1 is 1.30 bits per heavy atom. The number of hydrogen-bond acceptors (Lipinski definition) is 5. The summed E-state index contributed by atoms with van der Waals surface area (Å²) in [5.74, 6) is -1.71. The molecule has 2 rings (SSSR count). The van der Waals surface area contributed by atoms with Gasteiger partial charge in [-0.25, -0.2) is 8.42 Å². The van der Waals surface area contributed by atoms with Gasteiger partial charge in [-0.05, 0) is 18.6 Å². The van der Waals surface area contributed by atoms with Crippen LogP contribution < -0.4 is 5.32 Å². The Hall–Kier alpha value is -1.48. The number of rotatable bonds is 3. The minimum atomic E-state index is -4.96. The van der Waals surface area contributed by atoms with Crippen LogP contribution in [0.2, 0.25) is 0 Å². The summed E-state index contributed by atoms with van der Waals surface area (Å²) in [6.07, 6.45) is 0.179. The first-order valence-corrected chi connectivity index (χ1v) is 8.94. The molecule has 110 valence electrons. The van der Waals surface area contributed by atoms with E-state index in [9.17, 15) is 25.5 Å². The van der Waals surface area contributed by atoms with Crippen molar-refractivity contribution in [3.8, 4) is 0 Å². The minimum absolute atomic E-state index is 0.0753. The van der Waals surface area contributed by atoms with Crippen molar-refractivity contribution in [1.29, 1.82) is 0 Å². The van der Waals surface area contributed by atoms with Crippen LogP contribution in [0.3, 0.4) is 0 Å². The van der Waals surface area contributed by atoms with Gasteiger partial charge in [-0.2, -0.15) is 8.42 Å². The highest BCUT2D eigenvalue weighted by molar-refractivity contribution is 7.91. The highest BCUT2D eigenvalue weighted by Crippen LogP contribution is 2.25. The first kappa shape index (κ1) is 14.9. The zero-order chi connectivity index (χ0) is 15.0. The lowest BCUT2D eigenvalue weighted by atomic mass is 10.1. The standard InChI is InChI=1S/C11H12FNO5S2/c12-20(17,18)10-4-2-1-3-9(10)13-11(14)8-5-6-19(15,16)7-8/h1-4,8H,5-7H2,(H,13,14). The van der Waals surface area contributed by atoms with Crippen molar-refractivity contribution in [3.63, 3.8) is 0 Å². The maximum absolute atomic E-state index is 13.1. The van der Waals surface area contributed by atoms with E-state index in [1.165, 1.54) is 18.2 Å². The number of halogens is 1. The van der Waals surface area contributed by atoms with Crippen LogP contribution in [0, 0.1) is 5.92 Å². The molecule has 1 fully saturated rings. The van der Waals surface area contributed by atoms with Crippen molar-refractivity contribution in [2.45, 2.75) is 11.3 Å². The Bertz CT molecular complexity index is 742. The van der Waals surface area contributed by atoms with Crippen molar-refractivity contribution in [2.24, 2.45) is 5.92 Å². The molecule has 1 aromatic carbocycles. The molecule has 1 atom stereocenters. The Labute approximate surface area is 116 Å². The van der Waals surface area contributed by atoms with Crippen LogP contribution in [0.1, 0.15) is 6.42 Å². The minimum Gasteiger partial charge on any atom is -0.325 e. The lowest BCUT2D eigenvalue weighted by Crippen LogP contribution is -2.24. The number of hydrogen-bond donors (Lipinski definition) is 1. The second kappa shape index (κ2) is 5.13. The van der Waals surface area contributed by atoms with E-state index in [2.05, 4.69) is 5.32 Å². The third-order valence-corrected chi connectivity index (χ3v) is 5.66. The smallest absolute Gasteiger partial charge is 0.325 e. The first-order chi connectivity index (χ1) is 9.19. The monoisotopic (exact) mass is 321 g/mol. The van der Waals surface area contributed by atoms with Gasteiger partial charge in [0.2, 0.25) is 5.91 Å². The van der Waals surface area contributed by atoms with E-state index in [0.29, 0.717) is 0 Å². The van der Waals surface area contributed by atoms with Crippen LogP contribution in [-0.2, 0) is 24.9 Å². The van der Waals surface area contributed by atoms with Crippen molar-refractivity contribution in [3.05, 3.63) is 24.3 Å². The maximum Gasteiger partial charge on any atom is 0.334 e. The highest BCUT2D eigenvalue weighted by atomic mass is 32.3. The molecule has 0 aliphatic carbocycles. The van der Waals surface area contributed by atoms with E-state index < -0.39 is 36.8 Å². The molecule has 1 saturated heterocycles. The highest BCUT2D eigenvalue weighted by Gasteiger charge is 2.33. The number of carbonyl (C=O) groups is 1. The van der Waals surface area contributed by atoms with Crippen LogP contribution in [0.4, 0.5) is 9.57 Å². The zero-order valence-corrected chi connectivity index (χ0v) is 11.9. The normalized spacial score (nSPS) is 21.6. The second-order valence-corrected chi connectivity index (χ2v) is 8.07. The number of anilines is 1. The fourth-order valence-corrected chi connectivity index (χ4v) is 4.38. The number of benzene rings is 1. The summed E-state index contributed by atoms with van der Waals surface area (Å²) in [5, 5.41) is 2.27. The molecule has 0 saturated carbocycles. The van der Waals surface area contributed by atoms with Crippen molar-refractivity contribution in [1.82, 2.24) is 0 Å². The molecule has 1 aliphatic heterocycles. The van der Waals surface area contributed by atoms with Crippen molar-refractivity contribution < 1.29 is 25.5 Å². The Morgan fingerprint density at radius 3 is 2.50 bits per heavy atom. The van der Waals surface area contributed by atoms with E-state index in [1.54, 1.807) is 0 Å². The summed E-state index contributed by atoms with van der Waals surface area (Å²) < 4.78 is 57.5. The van der Waals surface area contributed by atoms with E-state index >= 15 is 0 Å². The largest absolute Gasteiger partial charge is 0.334 e. The molecule has 1 aromatic rings. The first-order valence-electron chi connectivity index (χ1n) is 5.74. The molecule has 0 aromatic heterocycles. The summed E-state index contributed by atoms with van der Waals surface area (Å²) in [4.78, 5) is 11.2. The van der Waals surface area contributed by atoms with Gasteiger partial charge in [-0.15, -0.1) is 3.89 Å². The summed E-state index contributed by atoms with van der Waals surface area (Å²) in [6.45, 7) is 0. The van der Waals surface area contributed by atoms with E-state index in [0.717, 1.165) is 6.07 Å². The predicted molar refractivity (Wildman–Crippen MR) is 70.1 cm³/mol. The van der Waals surface area contributed by atoms with Crippen LogP contribution in [-0.4, -0.2) is 34.2 Å². The zero-order valence-electron chi connectivity index (χ0n) is 10.2. The molecule has 20 heavy (non-hydrogen) atoms. The van der Waals surface area contributed by atoms with Gasteiger partial charge in [-0.1, -0.05) is 12.1 Å². The molecule has 1 amide bonds. The van der Waals surface area contributed by atoms with Gasteiger partial charge in [0, 0.05) is 0 Å². The van der Waals surface area contributed by atoms with Crippen LogP contribution in [0.25, 0.3) is 0 Å². The molecule has 9 heteroatoms. The molecule has 1 N–H and O–H groups in total. The maximum atomic E-state index is 13.1. The molecule has 0 spiro atoms. The summed E-state index contributed by atoms with van der Waals surface area (Å²) in [7, 11) is -8.18. The quantitative estimate of drug-likeness (QED) is 0.827. The number of para-hydroxylation sites is 1. The van der Waals surface area contributed by atoms with Crippen molar-refractivity contribution >= 4 is 31.7 Å². The topological polar surface area (TPSA) is 97.4 Å². The summed E-state index contributed by atoms with van der Waals surface area (Å²) in [5.41, 5.74) is -0.190. The molecular weight excluding hydrogens is 309 g/mol. The average molecular weight is 321 g/mol. The lowest BCUT2D eigenvalue weighted by Gasteiger charge is -2.11. The number of sulfone groups is 1. The van der Waals surface area contributed by atoms with Gasteiger partial charge in [0.15, 0.2) is 9.84 Å². The Balaban J connectivity index is 2.22. The molecule has 1 heterocycles. The fraction of sp³-hybridized carbons (Fsp3) is 0.364. The van der Waals surface area contributed by atoms with Crippen LogP contribution >= 0.6 is 0 Å². The number of carbonyl (C=O) groups excluding carboxylic acids is 1. The van der Waals surface area contributed by atoms with Gasteiger partial charge in [0.25, 0.3) is 0 Å². The fourth-order valence-electron chi connectivity index (χ4n) is 2.02. The second-order valence-electron chi connectivity index (χ2n) is 4.52. The van der Waals surface area contributed by atoms with Gasteiger partial charge in [0.05, 0.1) is 23.1 Å². The van der Waals surface area contributed by atoms with E-state index in [-0.39, 0.29) is 23.6 Å². The van der Waals surface area contributed by atoms with Gasteiger partial charge in [-0.3, -0.25) is 4.79 Å². The average Bonchev–Trinajstić information content (AvgIpc) is 2.69. The molecular formula is C11H12FNO5S2. The van der Waals surface area contributed by atoms with Gasteiger partial charge in [0.1, 0.15) is 4.90 Å². The summed E-state index contributed by atoms with van der Waals surface area (Å²) in [6, 6.07) is 5.03. The molecule has 6 nitrogen and oxygen atoms in total. The molecule has 0 bridgehead atoms. The Kier molecular flexibility index (Phi) is 3.83. The molecule has 0 radical (unpaired) electrons. The third-order valence-electron chi connectivity index (χ3n) is 3.01. The lowest BCUT2D eigenvalue weighted by molar-refractivity contribution is -0.119. The van der Waals surface area contributed by atoms with Crippen molar-refractivity contribution in [2.75, 3.05) is 16.8 Å². The number of nitrogens with one attached hydrogen (secondary N) is 1.